The molecule has 4 nitrogen and oxygen atoms in total. The maximum Gasteiger partial charge on any atom is 0.161 e. The van der Waals surface area contributed by atoms with Gasteiger partial charge in [-0.2, -0.15) is 0 Å². The number of nitrogens with zero attached hydrogens (tertiary/aromatic N) is 2. The van der Waals surface area contributed by atoms with Gasteiger partial charge in [0.1, 0.15) is 6.61 Å². The first-order chi connectivity index (χ1) is 13.5. The van der Waals surface area contributed by atoms with Crippen LogP contribution in [0.2, 0.25) is 10.0 Å². The number of rotatable bonds is 8. The van der Waals surface area contributed by atoms with Gasteiger partial charge in [0.15, 0.2) is 11.5 Å². The summed E-state index contributed by atoms with van der Waals surface area (Å²) in [6.45, 7) is 6.17. The molecule has 0 radical (unpaired) electrons. The Hall–Kier alpha value is -1.46. The number of hydrogen-bond donors (Lipinski definition) is 0. The van der Waals surface area contributed by atoms with Gasteiger partial charge in [-0.1, -0.05) is 35.3 Å². The number of halogens is 2. The van der Waals surface area contributed by atoms with E-state index in [0.29, 0.717) is 16.7 Å². The van der Waals surface area contributed by atoms with Crippen molar-refractivity contribution in [3.63, 3.8) is 0 Å². The molecule has 152 valence electrons. The summed E-state index contributed by atoms with van der Waals surface area (Å²) in [7, 11) is 3.86. The fraction of sp³-hybridized carbons (Fsp3) is 0.455. The van der Waals surface area contributed by atoms with Crippen LogP contribution in [0.1, 0.15) is 17.5 Å². The number of ether oxygens (including phenoxy) is 2. The Morgan fingerprint density at radius 3 is 2.46 bits per heavy atom. The number of likely N-dealkylation sites (N-methyl/N-ethyl adjacent to an activating group) is 1. The standard InChI is InChI=1S/C22H28Cl2N2O2/c1-25-10-12-26(13-11-25)9-3-4-17-5-8-21(22(14-17)27-2)28-16-18-6-7-19(23)15-20(18)24/h5-8,14-15H,3-4,9-13,16H2,1-2H3. The number of benzene rings is 2. The molecule has 0 atom stereocenters. The molecule has 0 spiro atoms. The van der Waals surface area contributed by atoms with Crippen LogP contribution < -0.4 is 9.47 Å². The van der Waals surface area contributed by atoms with Crippen molar-refractivity contribution in [2.24, 2.45) is 0 Å². The van der Waals surface area contributed by atoms with Gasteiger partial charge in [-0.05, 0) is 56.3 Å². The van der Waals surface area contributed by atoms with Crippen molar-refractivity contribution in [1.29, 1.82) is 0 Å². The number of hydrogen-bond acceptors (Lipinski definition) is 4. The third-order valence-electron chi connectivity index (χ3n) is 5.16. The average molecular weight is 423 g/mol. The first kappa shape index (κ1) is 21.3. The van der Waals surface area contributed by atoms with Crippen molar-refractivity contribution >= 4 is 23.2 Å². The van der Waals surface area contributed by atoms with Crippen LogP contribution in [0.5, 0.6) is 11.5 Å². The summed E-state index contributed by atoms with van der Waals surface area (Å²) in [5.74, 6) is 1.47. The first-order valence-corrected chi connectivity index (χ1v) is 10.5. The predicted octanol–water partition coefficient (Wildman–Crippen LogP) is 4.76. The molecule has 28 heavy (non-hydrogen) atoms. The summed E-state index contributed by atoms with van der Waals surface area (Å²) < 4.78 is 11.5. The molecule has 0 bridgehead atoms. The second-order valence-electron chi connectivity index (χ2n) is 7.26. The van der Waals surface area contributed by atoms with Crippen LogP contribution in [0, 0.1) is 0 Å². The summed E-state index contributed by atoms with van der Waals surface area (Å²) in [5, 5.41) is 1.22. The minimum Gasteiger partial charge on any atom is -0.493 e. The predicted molar refractivity (Wildman–Crippen MR) is 116 cm³/mol. The topological polar surface area (TPSA) is 24.9 Å². The monoisotopic (exact) mass is 422 g/mol. The number of aryl methyl sites for hydroxylation is 1. The largest absolute Gasteiger partial charge is 0.493 e. The van der Waals surface area contributed by atoms with Crippen LogP contribution in [0.25, 0.3) is 0 Å². The fourth-order valence-corrected chi connectivity index (χ4v) is 3.82. The van der Waals surface area contributed by atoms with Gasteiger partial charge >= 0.3 is 0 Å². The van der Waals surface area contributed by atoms with Crippen molar-refractivity contribution in [2.45, 2.75) is 19.4 Å². The Morgan fingerprint density at radius 1 is 0.964 bits per heavy atom. The zero-order valence-electron chi connectivity index (χ0n) is 16.6. The summed E-state index contributed by atoms with van der Waals surface area (Å²) >= 11 is 12.2. The Kier molecular flexibility index (Phi) is 7.86. The van der Waals surface area contributed by atoms with Crippen molar-refractivity contribution in [1.82, 2.24) is 9.80 Å². The van der Waals surface area contributed by atoms with E-state index in [-0.39, 0.29) is 0 Å². The maximum absolute atomic E-state index is 6.22. The summed E-state index contributed by atoms with van der Waals surface area (Å²) in [4.78, 5) is 4.93. The highest BCUT2D eigenvalue weighted by atomic mass is 35.5. The van der Waals surface area contributed by atoms with Gasteiger partial charge < -0.3 is 19.3 Å². The molecule has 0 saturated carbocycles. The highest BCUT2D eigenvalue weighted by Gasteiger charge is 2.13. The third-order valence-corrected chi connectivity index (χ3v) is 5.75. The molecule has 0 amide bonds. The first-order valence-electron chi connectivity index (χ1n) is 9.69. The number of piperazine rings is 1. The highest BCUT2D eigenvalue weighted by Crippen LogP contribution is 2.30. The second kappa shape index (κ2) is 10.4. The Balaban J connectivity index is 1.53. The fourth-order valence-electron chi connectivity index (χ4n) is 3.36. The molecule has 0 unspecified atom stereocenters. The molecular weight excluding hydrogens is 395 g/mol. The molecule has 2 aromatic rings. The van der Waals surface area contributed by atoms with E-state index in [4.69, 9.17) is 32.7 Å². The maximum atomic E-state index is 6.22. The molecule has 0 aliphatic carbocycles. The summed E-state index contributed by atoms with van der Waals surface area (Å²) in [5.41, 5.74) is 2.16. The zero-order valence-corrected chi connectivity index (χ0v) is 18.1. The number of methoxy groups -OCH3 is 1. The lowest BCUT2D eigenvalue weighted by Crippen LogP contribution is -2.44. The summed E-state index contributed by atoms with van der Waals surface area (Å²) in [6.07, 6.45) is 2.18. The quantitative estimate of drug-likeness (QED) is 0.611. The average Bonchev–Trinajstić information content (AvgIpc) is 2.69. The van der Waals surface area contributed by atoms with E-state index in [1.54, 1.807) is 13.2 Å². The van der Waals surface area contributed by atoms with E-state index >= 15 is 0 Å². The van der Waals surface area contributed by atoms with Gasteiger partial charge in [0.2, 0.25) is 0 Å². The normalized spacial score (nSPS) is 15.6. The minimum atomic E-state index is 0.370. The molecule has 2 aromatic carbocycles. The Bertz CT molecular complexity index is 777. The lowest BCUT2D eigenvalue weighted by Gasteiger charge is -2.32. The van der Waals surface area contributed by atoms with Gasteiger partial charge in [0, 0.05) is 41.8 Å². The van der Waals surface area contributed by atoms with Crippen LogP contribution >= 0.6 is 23.2 Å². The van der Waals surface area contributed by atoms with Gasteiger partial charge in [-0.25, -0.2) is 0 Å². The van der Waals surface area contributed by atoms with Gasteiger partial charge in [0.05, 0.1) is 7.11 Å². The molecule has 6 heteroatoms. The van der Waals surface area contributed by atoms with Gasteiger partial charge in [-0.15, -0.1) is 0 Å². The smallest absolute Gasteiger partial charge is 0.161 e. The molecular formula is C22H28Cl2N2O2. The van der Waals surface area contributed by atoms with Crippen molar-refractivity contribution in [3.05, 3.63) is 57.6 Å². The molecule has 1 aliphatic heterocycles. The van der Waals surface area contributed by atoms with Crippen molar-refractivity contribution < 1.29 is 9.47 Å². The third kappa shape index (κ3) is 6.02. The molecule has 0 N–H and O–H groups in total. The summed E-state index contributed by atoms with van der Waals surface area (Å²) in [6, 6.07) is 11.6. The van der Waals surface area contributed by atoms with E-state index in [2.05, 4.69) is 29.0 Å². The molecule has 3 rings (SSSR count). The van der Waals surface area contributed by atoms with Gasteiger partial charge in [-0.3, -0.25) is 0 Å². The molecule has 1 aliphatic rings. The Labute approximate surface area is 177 Å². The molecule has 0 aromatic heterocycles. The van der Waals surface area contributed by atoms with Crippen molar-refractivity contribution in [2.75, 3.05) is 46.9 Å². The highest BCUT2D eigenvalue weighted by molar-refractivity contribution is 6.35. The molecule has 1 heterocycles. The molecule has 1 fully saturated rings. The lowest BCUT2D eigenvalue weighted by molar-refractivity contribution is 0.153. The van der Waals surface area contributed by atoms with Crippen LogP contribution in [0.15, 0.2) is 36.4 Å². The Morgan fingerprint density at radius 2 is 1.75 bits per heavy atom. The second-order valence-corrected chi connectivity index (χ2v) is 8.10. The SMILES string of the molecule is COc1cc(CCCN2CCN(C)CC2)ccc1OCc1ccc(Cl)cc1Cl. The van der Waals surface area contributed by atoms with Crippen LogP contribution in [0.3, 0.4) is 0 Å². The van der Waals surface area contributed by atoms with Crippen LogP contribution in [0.4, 0.5) is 0 Å². The van der Waals surface area contributed by atoms with Crippen LogP contribution in [-0.2, 0) is 13.0 Å². The zero-order chi connectivity index (χ0) is 19.9. The van der Waals surface area contributed by atoms with Gasteiger partial charge in [0.25, 0.3) is 0 Å². The van der Waals surface area contributed by atoms with E-state index in [1.165, 1.54) is 18.7 Å². The van der Waals surface area contributed by atoms with E-state index < -0.39 is 0 Å². The van der Waals surface area contributed by atoms with E-state index in [9.17, 15) is 0 Å². The van der Waals surface area contributed by atoms with Crippen molar-refractivity contribution in [3.8, 4) is 11.5 Å². The van der Waals surface area contributed by atoms with E-state index in [0.717, 1.165) is 49.5 Å². The van der Waals surface area contributed by atoms with Crippen LogP contribution in [-0.4, -0.2) is 56.7 Å². The lowest BCUT2D eigenvalue weighted by atomic mass is 10.1. The molecule has 1 saturated heterocycles. The minimum absolute atomic E-state index is 0.370. The van der Waals surface area contributed by atoms with E-state index in [1.807, 2.05) is 18.2 Å².